The summed E-state index contributed by atoms with van der Waals surface area (Å²) in [5.74, 6) is -1.72. The second-order valence-electron chi connectivity index (χ2n) is 4.75. The number of nitrogens with one attached hydrogen (secondary N) is 1. The lowest BCUT2D eigenvalue weighted by Crippen LogP contribution is -2.40. The number of nitro groups is 1. The first-order valence-corrected chi connectivity index (χ1v) is 6.34. The molecule has 1 heterocycles. The smallest absolute Gasteiger partial charge is 0.326 e. The Morgan fingerprint density at radius 1 is 1.60 bits per heavy atom. The van der Waals surface area contributed by atoms with Crippen molar-refractivity contribution in [2.75, 3.05) is 0 Å². The topological polar surface area (TPSA) is 114 Å². The van der Waals surface area contributed by atoms with E-state index in [9.17, 15) is 19.7 Å². The normalized spacial score (nSPS) is 15.7. The van der Waals surface area contributed by atoms with Gasteiger partial charge >= 0.3 is 5.97 Å². The van der Waals surface area contributed by atoms with E-state index in [1.165, 1.54) is 12.3 Å². The highest BCUT2D eigenvalue weighted by Crippen LogP contribution is 2.37. The summed E-state index contributed by atoms with van der Waals surface area (Å²) in [5, 5.41) is 22.1. The minimum Gasteiger partial charge on any atom is -0.480 e. The molecule has 8 nitrogen and oxygen atoms in total. The molecule has 0 radical (unpaired) electrons. The number of carbonyl (C=O) groups is 2. The summed E-state index contributed by atoms with van der Waals surface area (Å²) in [5.41, 5.74) is -0.0238. The number of aliphatic carboxylic acids is 1. The number of carbonyl (C=O) groups excluding carboxylic acids is 1. The summed E-state index contributed by atoms with van der Waals surface area (Å²) in [6.07, 6.45) is 3.30. The van der Waals surface area contributed by atoms with Crippen molar-refractivity contribution in [2.45, 2.75) is 38.3 Å². The van der Waals surface area contributed by atoms with Gasteiger partial charge in [0.2, 0.25) is 0 Å². The lowest BCUT2D eigenvalue weighted by molar-refractivity contribution is -0.384. The average Bonchev–Trinajstić information content (AvgIpc) is 3.13. The molecule has 2 N–H and O–H groups in total. The summed E-state index contributed by atoms with van der Waals surface area (Å²) >= 11 is 0. The lowest BCUT2D eigenvalue weighted by Gasteiger charge is -2.13. The van der Waals surface area contributed by atoms with Crippen LogP contribution in [0.2, 0.25) is 0 Å². The number of aromatic nitrogens is 1. The molecule has 1 aliphatic carbocycles. The summed E-state index contributed by atoms with van der Waals surface area (Å²) in [4.78, 5) is 33.2. The lowest BCUT2D eigenvalue weighted by atomic mass is 10.2. The average molecular weight is 281 g/mol. The Bertz CT molecular complexity index is 561. The van der Waals surface area contributed by atoms with E-state index in [0.717, 1.165) is 12.8 Å². The summed E-state index contributed by atoms with van der Waals surface area (Å²) in [7, 11) is 0. The third kappa shape index (κ3) is 2.79. The van der Waals surface area contributed by atoms with Crippen LogP contribution in [0.25, 0.3) is 0 Å². The molecule has 1 amide bonds. The Morgan fingerprint density at radius 2 is 2.25 bits per heavy atom. The molecular formula is C12H15N3O5. The molecule has 20 heavy (non-hydrogen) atoms. The number of rotatable bonds is 6. The maximum atomic E-state index is 12.1. The molecule has 0 unspecified atom stereocenters. The van der Waals surface area contributed by atoms with Gasteiger partial charge < -0.3 is 15.0 Å². The molecule has 1 saturated carbocycles. The van der Waals surface area contributed by atoms with Gasteiger partial charge in [-0.05, 0) is 19.3 Å². The zero-order valence-corrected chi connectivity index (χ0v) is 10.9. The van der Waals surface area contributed by atoms with Crippen LogP contribution in [0, 0.1) is 10.1 Å². The van der Waals surface area contributed by atoms with Gasteiger partial charge in [-0.15, -0.1) is 0 Å². The van der Waals surface area contributed by atoms with Crippen LogP contribution in [0.4, 0.5) is 5.69 Å². The van der Waals surface area contributed by atoms with Gasteiger partial charge in [0.15, 0.2) is 0 Å². The molecule has 0 saturated heterocycles. The van der Waals surface area contributed by atoms with Crippen LogP contribution in [-0.2, 0) is 4.79 Å². The van der Waals surface area contributed by atoms with Gasteiger partial charge in [-0.25, -0.2) is 4.79 Å². The van der Waals surface area contributed by atoms with Crippen molar-refractivity contribution in [3.05, 3.63) is 28.1 Å². The van der Waals surface area contributed by atoms with Gasteiger partial charge in [-0.3, -0.25) is 14.9 Å². The third-order valence-electron chi connectivity index (χ3n) is 3.23. The predicted octanol–water partition coefficient (Wildman–Crippen LogP) is 1.32. The first kappa shape index (κ1) is 14.0. The first-order chi connectivity index (χ1) is 9.43. The molecule has 1 atom stereocenters. The standard InChI is InChI=1S/C12H15N3O5/c1-2-9(12(17)18)13-11(16)10-5-8(15(19)20)6-14(10)7-3-4-7/h5-7,9H,2-4H2,1H3,(H,13,16)(H,17,18)/t9-/m0/s1. The molecule has 8 heteroatoms. The van der Waals surface area contributed by atoms with Crippen LogP contribution in [-0.4, -0.2) is 32.5 Å². The van der Waals surface area contributed by atoms with Crippen LogP contribution < -0.4 is 5.32 Å². The number of carboxylic acid groups (broad SMARTS) is 1. The molecular weight excluding hydrogens is 266 g/mol. The maximum Gasteiger partial charge on any atom is 0.326 e. The van der Waals surface area contributed by atoms with Gasteiger partial charge in [0.05, 0.1) is 11.1 Å². The number of nitrogens with zero attached hydrogens (tertiary/aromatic N) is 2. The Balaban J connectivity index is 2.24. The van der Waals surface area contributed by atoms with E-state index in [4.69, 9.17) is 5.11 Å². The second-order valence-corrected chi connectivity index (χ2v) is 4.75. The number of carboxylic acids is 1. The van der Waals surface area contributed by atoms with Gasteiger partial charge in [-0.2, -0.15) is 0 Å². The molecule has 0 spiro atoms. The van der Waals surface area contributed by atoms with Crippen molar-refractivity contribution < 1.29 is 19.6 Å². The summed E-state index contributed by atoms with van der Waals surface area (Å²) < 4.78 is 1.56. The van der Waals surface area contributed by atoms with E-state index in [0.29, 0.717) is 0 Å². The molecule has 2 rings (SSSR count). The Labute approximate surface area is 114 Å². The fourth-order valence-corrected chi connectivity index (χ4v) is 1.97. The molecule has 1 aromatic rings. The maximum absolute atomic E-state index is 12.1. The van der Waals surface area contributed by atoms with Crippen LogP contribution in [0.5, 0.6) is 0 Å². The van der Waals surface area contributed by atoms with Crippen molar-refractivity contribution in [3.8, 4) is 0 Å². The van der Waals surface area contributed by atoms with Crippen LogP contribution in [0.1, 0.15) is 42.7 Å². The summed E-state index contributed by atoms with van der Waals surface area (Å²) in [6, 6.07) is 0.279. The Kier molecular flexibility index (Phi) is 3.73. The van der Waals surface area contributed by atoms with Crippen LogP contribution in [0.3, 0.4) is 0 Å². The quantitative estimate of drug-likeness (QED) is 0.603. The monoisotopic (exact) mass is 281 g/mol. The van der Waals surface area contributed by atoms with Crippen molar-refractivity contribution >= 4 is 17.6 Å². The molecule has 0 aromatic carbocycles. The third-order valence-corrected chi connectivity index (χ3v) is 3.23. The van der Waals surface area contributed by atoms with Crippen molar-refractivity contribution in [3.63, 3.8) is 0 Å². The van der Waals surface area contributed by atoms with Gasteiger partial charge in [-0.1, -0.05) is 6.92 Å². The van der Waals surface area contributed by atoms with E-state index in [-0.39, 0.29) is 23.8 Å². The van der Waals surface area contributed by atoms with Crippen molar-refractivity contribution in [1.29, 1.82) is 0 Å². The molecule has 108 valence electrons. The zero-order chi connectivity index (χ0) is 14.9. The molecule has 0 aliphatic heterocycles. The Morgan fingerprint density at radius 3 is 2.70 bits per heavy atom. The van der Waals surface area contributed by atoms with Crippen LogP contribution in [0.15, 0.2) is 12.3 Å². The minimum absolute atomic E-state index is 0.0920. The Hall–Kier alpha value is -2.38. The predicted molar refractivity (Wildman–Crippen MR) is 68.5 cm³/mol. The molecule has 1 aliphatic rings. The number of amides is 1. The highest BCUT2D eigenvalue weighted by molar-refractivity contribution is 5.96. The fourth-order valence-electron chi connectivity index (χ4n) is 1.97. The zero-order valence-electron chi connectivity index (χ0n) is 10.9. The van der Waals surface area contributed by atoms with Gasteiger partial charge in [0.25, 0.3) is 11.6 Å². The first-order valence-electron chi connectivity index (χ1n) is 6.34. The number of hydrogen-bond acceptors (Lipinski definition) is 4. The van der Waals surface area contributed by atoms with E-state index in [2.05, 4.69) is 5.32 Å². The van der Waals surface area contributed by atoms with Crippen molar-refractivity contribution in [1.82, 2.24) is 9.88 Å². The molecule has 1 fully saturated rings. The van der Waals surface area contributed by atoms with Gasteiger partial charge in [0.1, 0.15) is 11.7 Å². The fraction of sp³-hybridized carbons (Fsp3) is 0.500. The van der Waals surface area contributed by atoms with E-state index < -0.39 is 22.8 Å². The second kappa shape index (κ2) is 5.32. The number of hydrogen-bond donors (Lipinski definition) is 2. The SMILES string of the molecule is CC[C@H](NC(=O)c1cc([N+](=O)[O-])cn1C1CC1)C(=O)O. The van der Waals surface area contributed by atoms with Gasteiger partial charge in [0, 0.05) is 12.1 Å². The van der Waals surface area contributed by atoms with E-state index >= 15 is 0 Å². The highest BCUT2D eigenvalue weighted by Gasteiger charge is 2.31. The molecule has 0 bridgehead atoms. The van der Waals surface area contributed by atoms with Crippen molar-refractivity contribution in [2.24, 2.45) is 0 Å². The van der Waals surface area contributed by atoms with E-state index in [1.807, 2.05) is 0 Å². The van der Waals surface area contributed by atoms with E-state index in [1.54, 1.807) is 11.5 Å². The largest absolute Gasteiger partial charge is 0.480 e. The minimum atomic E-state index is -1.13. The summed E-state index contributed by atoms with van der Waals surface area (Å²) in [6.45, 7) is 1.64. The highest BCUT2D eigenvalue weighted by atomic mass is 16.6. The van der Waals surface area contributed by atoms with Crippen LogP contribution >= 0.6 is 0 Å². The molecule has 1 aromatic heterocycles.